The van der Waals surface area contributed by atoms with Crippen molar-refractivity contribution in [1.82, 2.24) is 10.9 Å². The molecule has 0 unspecified atom stereocenters. The summed E-state index contributed by atoms with van der Waals surface area (Å²) in [5.41, 5.74) is 7.67. The highest BCUT2D eigenvalue weighted by Gasteiger charge is 2.15. The molecule has 120 valence electrons. The molecule has 0 radical (unpaired) electrons. The predicted octanol–water partition coefficient (Wildman–Crippen LogP) is 3.25. The van der Waals surface area contributed by atoms with Crippen LogP contribution in [-0.4, -0.2) is 17.1 Å². The van der Waals surface area contributed by atoms with E-state index in [-0.39, 0.29) is 17.1 Å². The number of rotatable bonds is 4. The van der Waals surface area contributed by atoms with E-state index in [9.17, 15) is 9.59 Å². The third-order valence-corrected chi connectivity index (χ3v) is 4.43. The first kappa shape index (κ1) is 17.1. The highest BCUT2D eigenvalue weighted by atomic mass is 32.2. The Hall–Kier alpha value is -2.27. The van der Waals surface area contributed by atoms with Crippen LogP contribution < -0.4 is 10.9 Å². The second-order valence-corrected chi connectivity index (χ2v) is 6.80. The molecule has 0 bridgehead atoms. The molecule has 2 aromatic rings. The molecule has 4 nitrogen and oxygen atoms in total. The average Bonchev–Trinajstić information content (AvgIpc) is 2.55. The highest BCUT2D eigenvalue weighted by Crippen LogP contribution is 2.23. The molecule has 2 aromatic carbocycles. The van der Waals surface area contributed by atoms with Crippen LogP contribution in [0.15, 0.2) is 53.4 Å². The number of carbonyl (C=O) groups is 2. The Morgan fingerprint density at radius 2 is 1.39 bits per heavy atom. The molecule has 0 aliphatic heterocycles. The Bertz CT molecular complexity index is 681. The number of carbonyl (C=O) groups excluding carboxylic acids is 2. The van der Waals surface area contributed by atoms with Crippen molar-refractivity contribution in [3.8, 4) is 0 Å². The van der Waals surface area contributed by atoms with Gasteiger partial charge in [0, 0.05) is 10.5 Å². The maximum atomic E-state index is 12.1. The van der Waals surface area contributed by atoms with Gasteiger partial charge < -0.3 is 0 Å². The van der Waals surface area contributed by atoms with Gasteiger partial charge in [0.05, 0.1) is 5.25 Å². The fourth-order valence-electron chi connectivity index (χ4n) is 1.87. The van der Waals surface area contributed by atoms with E-state index in [1.807, 2.05) is 50.2 Å². The number of hydrogen-bond donors (Lipinski definition) is 2. The smallest absolute Gasteiger partial charge is 0.269 e. The summed E-state index contributed by atoms with van der Waals surface area (Å²) in [7, 11) is 0. The molecule has 1 atom stereocenters. The summed E-state index contributed by atoms with van der Waals surface area (Å²) in [5, 5.41) is -0.309. The van der Waals surface area contributed by atoms with Crippen molar-refractivity contribution in [3.63, 3.8) is 0 Å². The SMILES string of the molecule is Cc1ccc(S[C@@H](C)C(=O)NNC(=O)c2ccc(C)cc2)cc1. The Morgan fingerprint density at radius 1 is 0.870 bits per heavy atom. The molecule has 0 saturated carbocycles. The first-order chi connectivity index (χ1) is 11.0. The topological polar surface area (TPSA) is 58.2 Å². The van der Waals surface area contributed by atoms with E-state index >= 15 is 0 Å². The van der Waals surface area contributed by atoms with Crippen molar-refractivity contribution in [2.75, 3.05) is 0 Å². The molecule has 0 saturated heterocycles. The molecular formula is C18H20N2O2S. The number of hydrazine groups is 1. The number of thioether (sulfide) groups is 1. The van der Waals surface area contributed by atoms with Gasteiger partial charge in [-0.2, -0.15) is 0 Å². The third-order valence-electron chi connectivity index (χ3n) is 3.32. The Labute approximate surface area is 140 Å². The second kappa shape index (κ2) is 7.83. The lowest BCUT2D eigenvalue weighted by Gasteiger charge is -2.13. The summed E-state index contributed by atoms with van der Waals surface area (Å²) in [6, 6.07) is 15.1. The molecule has 2 amide bonds. The Kier molecular flexibility index (Phi) is 5.82. The molecule has 0 aliphatic carbocycles. The van der Waals surface area contributed by atoms with Gasteiger partial charge in [0.15, 0.2) is 0 Å². The lowest BCUT2D eigenvalue weighted by molar-refractivity contribution is -0.121. The van der Waals surface area contributed by atoms with Gasteiger partial charge in [-0.15, -0.1) is 11.8 Å². The van der Waals surface area contributed by atoms with Gasteiger partial charge in [-0.3, -0.25) is 20.4 Å². The third kappa shape index (κ3) is 5.14. The average molecular weight is 328 g/mol. The van der Waals surface area contributed by atoms with E-state index in [2.05, 4.69) is 10.9 Å². The van der Waals surface area contributed by atoms with Gasteiger partial charge in [0.2, 0.25) is 0 Å². The minimum Gasteiger partial charge on any atom is -0.272 e. The van der Waals surface area contributed by atoms with Crippen LogP contribution in [-0.2, 0) is 4.79 Å². The van der Waals surface area contributed by atoms with Crippen molar-refractivity contribution in [2.45, 2.75) is 30.9 Å². The van der Waals surface area contributed by atoms with Gasteiger partial charge in [0.1, 0.15) is 0 Å². The van der Waals surface area contributed by atoms with Crippen molar-refractivity contribution in [2.24, 2.45) is 0 Å². The molecule has 2 rings (SSSR count). The van der Waals surface area contributed by atoms with Gasteiger partial charge in [-0.1, -0.05) is 35.4 Å². The number of aryl methyl sites for hydroxylation is 2. The maximum Gasteiger partial charge on any atom is 0.269 e. The van der Waals surface area contributed by atoms with Crippen LogP contribution in [0, 0.1) is 13.8 Å². The van der Waals surface area contributed by atoms with Crippen LogP contribution in [0.25, 0.3) is 0 Å². The van der Waals surface area contributed by atoms with Gasteiger partial charge in [-0.25, -0.2) is 0 Å². The van der Waals surface area contributed by atoms with Crippen LogP contribution in [0.5, 0.6) is 0 Å². The molecule has 0 spiro atoms. The van der Waals surface area contributed by atoms with Crippen LogP contribution in [0.1, 0.15) is 28.4 Å². The fraction of sp³-hybridized carbons (Fsp3) is 0.222. The van der Waals surface area contributed by atoms with Gasteiger partial charge in [-0.05, 0) is 45.0 Å². The number of amides is 2. The number of nitrogens with one attached hydrogen (secondary N) is 2. The number of hydrogen-bond acceptors (Lipinski definition) is 3. The van der Waals surface area contributed by atoms with Crippen molar-refractivity contribution < 1.29 is 9.59 Å². The van der Waals surface area contributed by atoms with Crippen LogP contribution >= 0.6 is 11.8 Å². The summed E-state index contributed by atoms with van der Waals surface area (Å²) >= 11 is 1.45. The predicted molar refractivity (Wildman–Crippen MR) is 93.3 cm³/mol. The van der Waals surface area contributed by atoms with E-state index in [0.717, 1.165) is 10.5 Å². The minimum atomic E-state index is -0.328. The quantitative estimate of drug-likeness (QED) is 0.669. The zero-order valence-electron chi connectivity index (χ0n) is 13.4. The van der Waals surface area contributed by atoms with Crippen molar-refractivity contribution in [1.29, 1.82) is 0 Å². The normalized spacial score (nSPS) is 11.6. The molecule has 0 heterocycles. The van der Waals surface area contributed by atoms with Gasteiger partial charge >= 0.3 is 0 Å². The molecule has 23 heavy (non-hydrogen) atoms. The Morgan fingerprint density at radius 3 is 1.96 bits per heavy atom. The molecule has 5 heteroatoms. The molecular weight excluding hydrogens is 308 g/mol. The minimum absolute atomic E-state index is 0.240. The lowest BCUT2D eigenvalue weighted by atomic mass is 10.1. The molecule has 0 aliphatic rings. The monoisotopic (exact) mass is 328 g/mol. The first-order valence-corrected chi connectivity index (χ1v) is 8.24. The summed E-state index contributed by atoms with van der Waals surface area (Å²) in [6.45, 7) is 5.77. The van der Waals surface area contributed by atoms with E-state index in [1.165, 1.54) is 17.3 Å². The summed E-state index contributed by atoms with van der Waals surface area (Å²) in [6.07, 6.45) is 0. The van der Waals surface area contributed by atoms with Crippen LogP contribution in [0.4, 0.5) is 0 Å². The van der Waals surface area contributed by atoms with Crippen molar-refractivity contribution >= 4 is 23.6 Å². The molecule has 2 N–H and O–H groups in total. The zero-order chi connectivity index (χ0) is 16.8. The summed E-state index contributed by atoms with van der Waals surface area (Å²) in [4.78, 5) is 25.0. The van der Waals surface area contributed by atoms with Crippen molar-refractivity contribution in [3.05, 3.63) is 65.2 Å². The molecule has 0 fully saturated rings. The zero-order valence-corrected chi connectivity index (χ0v) is 14.2. The summed E-state index contributed by atoms with van der Waals surface area (Å²) in [5.74, 6) is -0.568. The number of benzene rings is 2. The summed E-state index contributed by atoms with van der Waals surface area (Å²) < 4.78 is 0. The van der Waals surface area contributed by atoms with Gasteiger partial charge in [0.25, 0.3) is 11.8 Å². The van der Waals surface area contributed by atoms with E-state index < -0.39 is 0 Å². The maximum absolute atomic E-state index is 12.1. The highest BCUT2D eigenvalue weighted by molar-refractivity contribution is 8.00. The first-order valence-electron chi connectivity index (χ1n) is 7.36. The standard InChI is InChI=1S/C18H20N2O2S/c1-12-4-8-15(9-5-12)18(22)20-19-17(21)14(3)23-16-10-6-13(2)7-11-16/h4-11,14H,1-3H3,(H,19,21)(H,20,22)/t14-/m0/s1. The second-order valence-electron chi connectivity index (χ2n) is 5.38. The lowest BCUT2D eigenvalue weighted by Crippen LogP contribution is -2.44. The van der Waals surface area contributed by atoms with E-state index in [0.29, 0.717) is 5.56 Å². The Balaban J connectivity index is 1.84. The molecule has 0 aromatic heterocycles. The van der Waals surface area contributed by atoms with Crippen LogP contribution in [0.2, 0.25) is 0 Å². The largest absolute Gasteiger partial charge is 0.272 e. The fourth-order valence-corrected chi connectivity index (χ4v) is 2.74. The van der Waals surface area contributed by atoms with Crippen LogP contribution in [0.3, 0.4) is 0 Å². The van der Waals surface area contributed by atoms with E-state index in [4.69, 9.17) is 0 Å². The van der Waals surface area contributed by atoms with E-state index in [1.54, 1.807) is 19.1 Å².